The molecule has 2 N–H and O–H groups in total. The van der Waals surface area contributed by atoms with Gasteiger partial charge in [-0.3, -0.25) is 0 Å². The molecule has 0 heterocycles. The van der Waals surface area contributed by atoms with Gasteiger partial charge in [0.1, 0.15) is 0 Å². The molecular formula is C12H14N2O2. The second-order valence-electron chi connectivity index (χ2n) is 3.33. The number of hydrogen-bond donors (Lipinski definition) is 1. The zero-order valence-electron chi connectivity index (χ0n) is 9.41. The normalized spacial score (nSPS) is 9.62. The first-order valence-corrected chi connectivity index (χ1v) is 5.02. The second kappa shape index (κ2) is 5.29. The molecule has 0 saturated heterocycles. The van der Waals surface area contributed by atoms with Gasteiger partial charge in [0.05, 0.1) is 24.3 Å². The molecule has 16 heavy (non-hydrogen) atoms. The van der Waals surface area contributed by atoms with Gasteiger partial charge in [-0.15, -0.1) is 0 Å². The SMILES string of the molecule is CCc1cc(CN)c(C(=O)OC)cc1C#N. The van der Waals surface area contributed by atoms with Crippen LogP contribution in [0.5, 0.6) is 0 Å². The van der Waals surface area contributed by atoms with Crippen LogP contribution < -0.4 is 5.73 Å². The molecule has 0 bridgehead atoms. The first-order valence-electron chi connectivity index (χ1n) is 5.02. The smallest absolute Gasteiger partial charge is 0.338 e. The molecule has 0 amide bonds. The van der Waals surface area contributed by atoms with E-state index in [-0.39, 0.29) is 6.54 Å². The highest BCUT2D eigenvalue weighted by atomic mass is 16.5. The van der Waals surface area contributed by atoms with Gasteiger partial charge in [-0.1, -0.05) is 13.0 Å². The van der Waals surface area contributed by atoms with Crippen LogP contribution in [0.15, 0.2) is 12.1 Å². The third kappa shape index (κ3) is 2.20. The van der Waals surface area contributed by atoms with Crippen LogP contribution in [0, 0.1) is 11.3 Å². The highest BCUT2D eigenvalue weighted by Gasteiger charge is 2.14. The molecule has 0 saturated carbocycles. The van der Waals surface area contributed by atoms with Crippen LogP contribution in [-0.2, 0) is 17.7 Å². The Kier molecular flexibility index (Phi) is 4.03. The van der Waals surface area contributed by atoms with E-state index in [9.17, 15) is 4.79 Å². The second-order valence-corrected chi connectivity index (χ2v) is 3.33. The number of carbonyl (C=O) groups is 1. The van der Waals surface area contributed by atoms with Gasteiger partial charge < -0.3 is 10.5 Å². The van der Waals surface area contributed by atoms with E-state index in [4.69, 9.17) is 11.0 Å². The molecule has 0 unspecified atom stereocenters. The molecule has 1 aromatic rings. The Morgan fingerprint density at radius 1 is 1.50 bits per heavy atom. The summed E-state index contributed by atoms with van der Waals surface area (Å²) in [7, 11) is 1.31. The number of nitrogens with two attached hydrogens (primary N) is 1. The number of esters is 1. The molecule has 0 aliphatic heterocycles. The molecule has 0 spiro atoms. The average Bonchev–Trinajstić information content (AvgIpc) is 2.35. The number of benzene rings is 1. The van der Waals surface area contributed by atoms with Crippen molar-refractivity contribution in [2.75, 3.05) is 7.11 Å². The summed E-state index contributed by atoms with van der Waals surface area (Å²) in [5.41, 5.74) is 8.05. The van der Waals surface area contributed by atoms with E-state index < -0.39 is 5.97 Å². The van der Waals surface area contributed by atoms with Gasteiger partial charge in [-0.25, -0.2) is 4.79 Å². The van der Waals surface area contributed by atoms with E-state index >= 15 is 0 Å². The fourth-order valence-corrected chi connectivity index (χ4v) is 1.56. The van der Waals surface area contributed by atoms with Gasteiger partial charge in [0.2, 0.25) is 0 Å². The number of carbonyl (C=O) groups excluding carboxylic acids is 1. The molecule has 0 aromatic heterocycles. The molecule has 0 fully saturated rings. The van der Waals surface area contributed by atoms with Gasteiger partial charge >= 0.3 is 5.97 Å². The number of nitrogens with zero attached hydrogens (tertiary/aromatic N) is 1. The predicted molar refractivity (Wildman–Crippen MR) is 59.8 cm³/mol. The van der Waals surface area contributed by atoms with Crippen molar-refractivity contribution >= 4 is 5.97 Å². The van der Waals surface area contributed by atoms with Gasteiger partial charge in [-0.2, -0.15) is 5.26 Å². The maximum Gasteiger partial charge on any atom is 0.338 e. The van der Waals surface area contributed by atoms with Crippen molar-refractivity contribution in [2.24, 2.45) is 5.73 Å². The van der Waals surface area contributed by atoms with Gasteiger partial charge in [0.15, 0.2) is 0 Å². The lowest BCUT2D eigenvalue weighted by Gasteiger charge is -2.09. The maximum absolute atomic E-state index is 11.5. The lowest BCUT2D eigenvalue weighted by molar-refractivity contribution is 0.0599. The number of methoxy groups -OCH3 is 1. The molecular weight excluding hydrogens is 204 g/mol. The summed E-state index contributed by atoms with van der Waals surface area (Å²) >= 11 is 0. The maximum atomic E-state index is 11.5. The molecule has 0 radical (unpaired) electrons. The van der Waals surface area contributed by atoms with Crippen molar-refractivity contribution in [2.45, 2.75) is 19.9 Å². The van der Waals surface area contributed by atoms with E-state index in [1.165, 1.54) is 7.11 Å². The topological polar surface area (TPSA) is 76.1 Å². The molecule has 0 aliphatic rings. The molecule has 4 heteroatoms. The van der Waals surface area contributed by atoms with Crippen molar-refractivity contribution in [3.8, 4) is 6.07 Å². The predicted octanol–water partition coefficient (Wildman–Crippen LogP) is 1.37. The van der Waals surface area contributed by atoms with Gasteiger partial charge in [0, 0.05) is 6.54 Å². The zero-order chi connectivity index (χ0) is 12.1. The number of nitriles is 1. The summed E-state index contributed by atoms with van der Waals surface area (Å²) in [5.74, 6) is -0.459. The molecule has 1 aromatic carbocycles. The van der Waals surface area contributed by atoms with E-state index in [2.05, 4.69) is 10.8 Å². The number of aryl methyl sites for hydroxylation is 1. The Hall–Kier alpha value is -1.86. The Bertz CT molecular complexity index is 447. The van der Waals surface area contributed by atoms with Crippen molar-refractivity contribution in [3.05, 3.63) is 34.4 Å². The molecule has 0 aliphatic carbocycles. The summed E-state index contributed by atoms with van der Waals surface area (Å²) < 4.78 is 4.65. The number of hydrogen-bond acceptors (Lipinski definition) is 4. The zero-order valence-corrected chi connectivity index (χ0v) is 9.41. The molecule has 84 valence electrons. The van der Waals surface area contributed by atoms with E-state index in [1.807, 2.05) is 6.92 Å². The van der Waals surface area contributed by atoms with Crippen molar-refractivity contribution in [3.63, 3.8) is 0 Å². The Balaban J connectivity index is 3.38. The van der Waals surface area contributed by atoms with Gasteiger partial charge in [-0.05, 0) is 23.6 Å². The summed E-state index contributed by atoms with van der Waals surface area (Å²) in [4.78, 5) is 11.5. The van der Waals surface area contributed by atoms with Crippen LogP contribution in [0.2, 0.25) is 0 Å². The minimum atomic E-state index is -0.459. The highest BCUT2D eigenvalue weighted by Crippen LogP contribution is 2.18. The van der Waals surface area contributed by atoms with Crippen molar-refractivity contribution < 1.29 is 9.53 Å². The Morgan fingerprint density at radius 2 is 2.19 bits per heavy atom. The van der Waals surface area contributed by atoms with E-state index in [0.29, 0.717) is 16.7 Å². The number of ether oxygens (including phenoxy) is 1. The highest BCUT2D eigenvalue weighted by molar-refractivity contribution is 5.91. The summed E-state index contributed by atoms with van der Waals surface area (Å²) in [6, 6.07) is 5.41. The van der Waals surface area contributed by atoms with Gasteiger partial charge in [0.25, 0.3) is 0 Å². The van der Waals surface area contributed by atoms with Crippen LogP contribution >= 0.6 is 0 Å². The van der Waals surface area contributed by atoms with Crippen LogP contribution in [0.25, 0.3) is 0 Å². The lowest BCUT2D eigenvalue weighted by atomic mass is 9.97. The Labute approximate surface area is 94.6 Å². The molecule has 4 nitrogen and oxygen atoms in total. The summed E-state index contributed by atoms with van der Waals surface area (Å²) in [5, 5.41) is 8.96. The fourth-order valence-electron chi connectivity index (χ4n) is 1.56. The van der Waals surface area contributed by atoms with Crippen LogP contribution in [0.4, 0.5) is 0 Å². The monoisotopic (exact) mass is 218 g/mol. The van der Waals surface area contributed by atoms with E-state index in [0.717, 1.165) is 12.0 Å². The van der Waals surface area contributed by atoms with Crippen LogP contribution in [0.3, 0.4) is 0 Å². The largest absolute Gasteiger partial charge is 0.465 e. The average molecular weight is 218 g/mol. The third-order valence-electron chi connectivity index (χ3n) is 2.46. The van der Waals surface area contributed by atoms with Crippen molar-refractivity contribution in [1.82, 2.24) is 0 Å². The van der Waals surface area contributed by atoms with Crippen molar-refractivity contribution in [1.29, 1.82) is 5.26 Å². The minimum Gasteiger partial charge on any atom is -0.465 e. The minimum absolute atomic E-state index is 0.253. The number of rotatable bonds is 3. The van der Waals surface area contributed by atoms with Crippen LogP contribution in [-0.4, -0.2) is 13.1 Å². The first kappa shape index (κ1) is 12.2. The fraction of sp³-hybridized carbons (Fsp3) is 0.333. The summed E-state index contributed by atoms with van der Waals surface area (Å²) in [6.07, 6.45) is 0.733. The standard InChI is InChI=1S/C12H14N2O2/c1-3-8-4-10(7-14)11(12(15)16-2)5-9(8)6-13/h4-5H,3,7,14H2,1-2H3. The Morgan fingerprint density at radius 3 is 2.62 bits per heavy atom. The lowest BCUT2D eigenvalue weighted by Crippen LogP contribution is -2.10. The summed E-state index contributed by atoms with van der Waals surface area (Å²) in [6.45, 7) is 2.21. The third-order valence-corrected chi connectivity index (χ3v) is 2.46. The molecule has 0 atom stereocenters. The van der Waals surface area contributed by atoms with E-state index in [1.54, 1.807) is 12.1 Å². The molecule has 1 rings (SSSR count). The van der Waals surface area contributed by atoms with Crippen LogP contribution in [0.1, 0.15) is 34.0 Å². The quantitative estimate of drug-likeness (QED) is 0.777. The first-order chi connectivity index (χ1) is 7.67.